The highest BCUT2D eigenvalue weighted by atomic mass is 16.2. The van der Waals surface area contributed by atoms with Crippen molar-refractivity contribution in [2.45, 2.75) is 47.0 Å². The first-order chi connectivity index (χ1) is 6.51. The van der Waals surface area contributed by atoms with E-state index >= 15 is 0 Å². The highest BCUT2D eigenvalue weighted by Gasteiger charge is 2.39. The molecule has 0 N–H and O–H groups in total. The summed E-state index contributed by atoms with van der Waals surface area (Å²) in [7, 11) is 0. The molecule has 1 aliphatic rings. The van der Waals surface area contributed by atoms with Crippen LogP contribution in [0.5, 0.6) is 0 Å². The van der Waals surface area contributed by atoms with Crippen LogP contribution in [0.15, 0.2) is 0 Å². The molecular formula is C12H23NO. The molecule has 1 fully saturated rings. The van der Waals surface area contributed by atoms with E-state index in [4.69, 9.17) is 0 Å². The Hall–Kier alpha value is -0.530. The number of hydrogen-bond donors (Lipinski definition) is 0. The summed E-state index contributed by atoms with van der Waals surface area (Å²) in [5.74, 6) is 1.03. The minimum Gasteiger partial charge on any atom is -0.342 e. The zero-order valence-electron chi connectivity index (χ0n) is 9.97. The molecule has 2 heteroatoms. The molecule has 82 valence electrons. The fourth-order valence-corrected chi connectivity index (χ4v) is 2.25. The molecule has 1 rings (SSSR count). The highest BCUT2D eigenvalue weighted by Crippen LogP contribution is 2.38. The van der Waals surface area contributed by atoms with E-state index in [1.807, 2.05) is 11.8 Å². The summed E-state index contributed by atoms with van der Waals surface area (Å²) in [5, 5.41) is 0. The van der Waals surface area contributed by atoms with Crippen molar-refractivity contribution < 1.29 is 4.79 Å². The van der Waals surface area contributed by atoms with Crippen molar-refractivity contribution in [1.82, 2.24) is 4.90 Å². The van der Waals surface area contributed by atoms with Crippen LogP contribution in [0.2, 0.25) is 0 Å². The largest absolute Gasteiger partial charge is 0.342 e. The van der Waals surface area contributed by atoms with Gasteiger partial charge < -0.3 is 4.90 Å². The van der Waals surface area contributed by atoms with E-state index in [0.717, 1.165) is 19.0 Å². The van der Waals surface area contributed by atoms with Crippen molar-refractivity contribution in [2.24, 2.45) is 11.3 Å². The molecule has 1 amide bonds. The Morgan fingerprint density at radius 1 is 1.36 bits per heavy atom. The second kappa shape index (κ2) is 4.33. The van der Waals surface area contributed by atoms with Gasteiger partial charge in [0, 0.05) is 19.5 Å². The Bertz CT molecular complexity index is 204. The lowest BCUT2D eigenvalue weighted by molar-refractivity contribution is -0.140. The summed E-state index contributed by atoms with van der Waals surface area (Å²) in [6.45, 7) is 10.8. The van der Waals surface area contributed by atoms with E-state index in [1.54, 1.807) is 0 Å². The van der Waals surface area contributed by atoms with E-state index in [0.29, 0.717) is 17.7 Å². The van der Waals surface area contributed by atoms with Gasteiger partial charge in [-0.25, -0.2) is 0 Å². The lowest BCUT2D eigenvalue weighted by Crippen LogP contribution is -2.55. The molecule has 0 aliphatic carbocycles. The zero-order chi connectivity index (χ0) is 10.8. The fourth-order valence-electron chi connectivity index (χ4n) is 2.25. The van der Waals surface area contributed by atoms with E-state index in [2.05, 4.69) is 20.8 Å². The molecule has 1 heterocycles. The van der Waals surface area contributed by atoms with Crippen molar-refractivity contribution in [1.29, 1.82) is 0 Å². The fraction of sp³-hybridized carbons (Fsp3) is 0.917. The topological polar surface area (TPSA) is 20.3 Å². The average molecular weight is 197 g/mol. The Kier molecular flexibility index (Phi) is 3.57. The zero-order valence-corrected chi connectivity index (χ0v) is 9.97. The SMILES string of the molecule is CCCC(C)(C)C1CN(C(=O)CC)C1. The van der Waals surface area contributed by atoms with Crippen LogP contribution in [0.1, 0.15) is 47.0 Å². The normalized spacial score (nSPS) is 18.1. The molecule has 1 aliphatic heterocycles. The van der Waals surface area contributed by atoms with E-state index in [-0.39, 0.29) is 0 Å². The minimum atomic E-state index is 0.313. The molecule has 0 saturated carbocycles. The number of nitrogens with zero attached hydrogens (tertiary/aromatic N) is 1. The molecule has 0 aromatic rings. The van der Waals surface area contributed by atoms with Crippen molar-refractivity contribution in [3.8, 4) is 0 Å². The summed E-state index contributed by atoms with van der Waals surface area (Å²) in [6, 6.07) is 0. The highest BCUT2D eigenvalue weighted by molar-refractivity contribution is 5.76. The minimum absolute atomic E-state index is 0.313. The summed E-state index contributed by atoms with van der Waals surface area (Å²) in [6.07, 6.45) is 3.16. The molecular weight excluding hydrogens is 174 g/mol. The predicted octanol–water partition coefficient (Wildman–Crippen LogP) is 2.68. The standard InChI is InChI=1S/C12H23NO/c1-5-7-12(3,4)10-8-13(9-10)11(14)6-2/h10H,5-9H2,1-4H3. The maximum absolute atomic E-state index is 11.4. The Balaban J connectivity index is 2.36. The van der Waals surface area contributed by atoms with Crippen LogP contribution >= 0.6 is 0 Å². The summed E-state index contributed by atoms with van der Waals surface area (Å²) in [5.41, 5.74) is 0.416. The van der Waals surface area contributed by atoms with E-state index < -0.39 is 0 Å². The first-order valence-electron chi connectivity index (χ1n) is 5.79. The molecule has 14 heavy (non-hydrogen) atoms. The van der Waals surface area contributed by atoms with Gasteiger partial charge in [-0.05, 0) is 17.8 Å². The van der Waals surface area contributed by atoms with Gasteiger partial charge >= 0.3 is 0 Å². The van der Waals surface area contributed by atoms with Gasteiger partial charge in [-0.3, -0.25) is 4.79 Å². The molecule has 0 radical (unpaired) electrons. The quantitative estimate of drug-likeness (QED) is 0.678. The number of amides is 1. The van der Waals surface area contributed by atoms with Gasteiger partial charge in [0.25, 0.3) is 0 Å². The van der Waals surface area contributed by atoms with Crippen LogP contribution in [0.4, 0.5) is 0 Å². The Labute approximate surface area is 87.7 Å². The Morgan fingerprint density at radius 2 is 1.93 bits per heavy atom. The van der Waals surface area contributed by atoms with Gasteiger partial charge in [0.05, 0.1) is 0 Å². The molecule has 0 spiro atoms. The smallest absolute Gasteiger partial charge is 0.222 e. The number of carbonyl (C=O) groups is 1. The van der Waals surface area contributed by atoms with Crippen LogP contribution in [0, 0.1) is 11.3 Å². The molecule has 0 aromatic heterocycles. The summed E-state index contributed by atoms with van der Waals surface area (Å²) < 4.78 is 0. The van der Waals surface area contributed by atoms with Crippen molar-refractivity contribution >= 4 is 5.91 Å². The van der Waals surface area contributed by atoms with Gasteiger partial charge in [0.1, 0.15) is 0 Å². The number of carbonyl (C=O) groups excluding carboxylic acids is 1. The number of hydrogen-bond acceptors (Lipinski definition) is 1. The monoisotopic (exact) mass is 197 g/mol. The molecule has 0 aromatic carbocycles. The number of rotatable bonds is 4. The maximum Gasteiger partial charge on any atom is 0.222 e. The first-order valence-corrected chi connectivity index (χ1v) is 5.79. The van der Waals surface area contributed by atoms with E-state index in [9.17, 15) is 4.79 Å². The predicted molar refractivity (Wildman–Crippen MR) is 59.1 cm³/mol. The molecule has 0 atom stereocenters. The molecule has 0 unspecified atom stereocenters. The third-order valence-electron chi connectivity index (χ3n) is 3.54. The lowest BCUT2D eigenvalue weighted by atomic mass is 9.71. The average Bonchev–Trinajstić information content (AvgIpc) is 2.00. The maximum atomic E-state index is 11.4. The third kappa shape index (κ3) is 2.28. The van der Waals surface area contributed by atoms with Crippen molar-refractivity contribution in [2.75, 3.05) is 13.1 Å². The van der Waals surface area contributed by atoms with Crippen LogP contribution in [0.3, 0.4) is 0 Å². The van der Waals surface area contributed by atoms with Gasteiger partial charge in [-0.15, -0.1) is 0 Å². The number of likely N-dealkylation sites (tertiary alicyclic amines) is 1. The second-order valence-electron chi connectivity index (χ2n) is 5.09. The van der Waals surface area contributed by atoms with Crippen LogP contribution in [-0.2, 0) is 4.79 Å². The summed E-state index contributed by atoms with van der Waals surface area (Å²) in [4.78, 5) is 13.3. The van der Waals surface area contributed by atoms with Gasteiger partial charge in [0.2, 0.25) is 5.91 Å². The molecule has 2 nitrogen and oxygen atoms in total. The van der Waals surface area contributed by atoms with Gasteiger partial charge in [0.15, 0.2) is 0 Å². The lowest BCUT2D eigenvalue weighted by Gasteiger charge is -2.47. The first kappa shape index (κ1) is 11.5. The van der Waals surface area contributed by atoms with Crippen molar-refractivity contribution in [3.05, 3.63) is 0 Å². The molecule has 1 saturated heterocycles. The van der Waals surface area contributed by atoms with Gasteiger partial charge in [-0.2, -0.15) is 0 Å². The van der Waals surface area contributed by atoms with Crippen molar-refractivity contribution in [3.63, 3.8) is 0 Å². The third-order valence-corrected chi connectivity index (χ3v) is 3.54. The second-order valence-corrected chi connectivity index (χ2v) is 5.09. The Morgan fingerprint density at radius 3 is 2.36 bits per heavy atom. The van der Waals surface area contributed by atoms with Crippen LogP contribution < -0.4 is 0 Å². The van der Waals surface area contributed by atoms with Gasteiger partial charge in [-0.1, -0.05) is 34.1 Å². The van der Waals surface area contributed by atoms with Crippen LogP contribution in [-0.4, -0.2) is 23.9 Å². The summed E-state index contributed by atoms with van der Waals surface area (Å²) >= 11 is 0. The van der Waals surface area contributed by atoms with E-state index in [1.165, 1.54) is 12.8 Å². The van der Waals surface area contributed by atoms with Crippen LogP contribution in [0.25, 0.3) is 0 Å². The molecule has 0 bridgehead atoms.